The number of ether oxygens (including phenoxy) is 4. The molecule has 0 radical (unpaired) electrons. The van der Waals surface area contributed by atoms with E-state index < -0.39 is 78.2 Å². The van der Waals surface area contributed by atoms with E-state index in [0.29, 0.717) is 38.5 Å². The van der Waals surface area contributed by atoms with Crippen LogP contribution in [0.1, 0.15) is 64.0 Å². The van der Waals surface area contributed by atoms with Crippen molar-refractivity contribution in [1.29, 1.82) is 0 Å². The second-order valence-electron chi connectivity index (χ2n) is 12.2. The van der Waals surface area contributed by atoms with Crippen LogP contribution in [0.3, 0.4) is 0 Å². The van der Waals surface area contributed by atoms with Crippen molar-refractivity contribution in [3.63, 3.8) is 0 Å². The number of aliphatic hydroxyl groups is 4. The molecule has 2 bridgehead atoms. The van der Waals surface area contributed by atoms with Gasteiger partial charge in [-0.05, 0) is 43.1 Å². The number of hydrogen-bond donors (Lipinski definition) is 4. The van der Waals surface area contributed by atoms with Gasteiger partial charge in [0, 0.05) is 11.0 Å². The van der Waals surface area contributed by atoms with E-state index in [1.165, 1.54) is 7.11 Å². The predicted molar refractivity (Wildman–Crippen MR) is 133 cm³/mol. The summed E-state index contributed by atoms with van der Waals surface area (Å²) in [4.78, 5) is 26.3. The van der Waals surface area contributed by atoms with Crippen molar-refractivity contribution >= 4 is 11.9 Å². The zero-order chi connectivity index (χ0) is 28.1. The van der Waals surface area contributed by atoms with Gasteiger partial charge in [-0.3, -0.25) is 4.79 Å². The van der Waals surface area contributed by atoms with Crippen LogP contribution in [-0.2, 0) is 28.5 Å². The first kappa shape index (κ1) is 28.5. The van der Waals surface area contributed by atoms with Gasteiger partial charge in [0.25, 0.3) is 0 Å². The summed E-state index contributed by atoms with van der Waals surface area (Å²) in [6, 6.07) is 1.80. The summed E-state index contributed by atoms with van der Waals surface area (Å²) in [6.45, 7) is 3.68. The fraction of sp³-hybridized carbons (Fsp3) is 0.786. The van der Waals surface area contributed by atoms with E-state index in [0.717, 1.165) is 5.56 Å². The molecule has 5 rings (SSSR count). The number of rotatable bonds is 8. The van der Waals surface area contributed by atoms with Crippen LogP contribution in [0.25, 0.3) is 0 Å². The number of carbonyl (C=O) groups is 2. The standard InChI is InChI=1S/C28H40O11/c1-27-10-16(14-8-9-36-13-14)39-25(33)20(27)17-11-28(2,24(38-17)26(34)35-3)19(27)7-5-4-6-15-21(30)23(32)22(31)18(12-29)37-15/h8-9,13,15-24,29-32H,4-7,10-12H2,1-3H3/t15-,16-,17-,18+,19-,20-,21-,22+,23+,24+,27-,28+/m0/s1. The summed E-state index contributed by atoms with van der Waals surface area (Å²) in [7, 11) is 1.34. The molecule has 1 aromatic heterocycles. The maximum absolute atomic E-state index is 13.5. The number of hydrogen-bond acceptors (Lipinski definition) is 11. The molecule has 39 heavy (non-hydrogen) atoms. The van der Waals surface area contributed by atoms with Gasteiger partial charge in [-0.2, -0.15) is 0 Å². The number of fused-ring (bicyclic) bond motifs is 4. The quantitative estimate of drug-likeness (QED) is 0.271. The number of furan rings is 1. The Bertz CT molecular complexity index is 1030. The molecule has 0 spiro atoms. The van der Waals surface area contributed by atoms with Crippen LogP contribution in [0.15, 0.2) is 23.0 Å². The molecule has 11 nitrogen and oxygen atoms in total. The first-order valence-electron chi connectivity index (χ1n) is 13.8. The van der Waals surface area contributed by atoms with E-state index in [-0.39, 0.29) is 11.9 Å². The van der Waals surface area contributed by atoms with Gasteiger partial charge in [-0.1, -0.05) is 26.7 Å². The van der Waals surface area contributed by atoms with Crippen molar-refractivity contribution in [3.8, 4) is 0 Å². The second-order valence-corrected chi connectivity index (χ2v) is 12.2. The molecular formula is C28H40O11. The predicted octanol–water partition coefficient (Wildman–Crippen LogP) is 1.26. The van der Waals surface area contributed by atoms with Crippen molar-refractivity contribution in [2.45, 2.75) is 101 Å². The van der Waals surface area contributed by atoms with Crippen molar-refractivity contribution in [1.82, 2.24) is 0 Å². The van der Waals surface area contributed by atoms with Crippen LogP contribution >= 0.6 is 0 Å². The van der Waals surface area contributed by atoms with Gasteiger partial charge in [0.15, 0.2) is 6.10 Å². The number of esters is 2. The highest BCUT2D eigenvalue weighted by atomic mass is 16.6. The van der Waals surface area contributed by atoms with E-state index in [4.69, 9.17) is 23.4 Å². The fourth-order valence-electron chi connectivity index (χ4n) is 8.03. The lowest BCUT2D eigenvalue weighted by Crippen LogP contribution is -2.58. The highest BCUT2D eigenvalue weighted by molar-refractivity contribution is 5.79. The Balaban J connectivity index is 1.36. The topological polar surface area (TPSA) is 165 Å². The van der Waals surface area contributed by atoms with Gasteiger partial charge < -0.3 is 43.8 Å². The molecule has 3 aliphatic heterocycles. The first-order valence-corrected chi connectivity index (χ1v) is 13.8. The number of cyclic esters (lactones) is 1. The molecule has 4 heterocycles. The Morgan fingerprint density at radius 1 is 1.03 bits per heavy atom. The summed E-state index contributed by atoms with van der Waals surface area (Å²) in [5, 5.41) is 40.1. The van der Waals surface area contributed by atoms with Crippen LogP contribution in [0.2, 0.25) is 0 Å². The molecule has 4 aliphatic rings. The minimum atomic E-state index is -1.40. The Morgan fingerprint density at radius 2 is 1.74 bits per heavy atom. The molecule has 4 fully saturated rings. The average Bonchev–Trinajstić information content (AvgIpc) is 3.54. The minimum Gasteiger partial charge on any atom is -0.472 e. The van der Waals surface area contributed by atoms with E-state index in [1.807, 2.05) is 6.92 Å². The monoisotopic (exact) mass is 552 g/mol. The molecule has 0 aromatic carbocycles. The van der Waals surface area contributed by atoms with Gasteiger partial charge in [0.05, 0.1) is 44.4 Å². The van der Waals surface area contributed by atoms with Gasteiger partial charge in [0.2, 0.25) is 0 Å². The van der Waals surface area contributed by atoms with Crippen LogP contribution < -0.4 is 0 Å². The van der Waals surface area contributed by atoms with E-state index >= 15 is 0 Å². The summed E-state index contributed by atoms with van der Waals surface area (Å²) >= 11 is 0. The SMILES string of the molecule is COC(=O)[C@H]1O[C@H]2C[C@]1(C)[C@@H](CCCC[C@@H]1O[C@H](CO)[C@@H](O)[C@H](O)[C@H]1O)[C@]1(C)C[C@@H](c3ccoc3)OC(=O)[C@H]21. The summed E-state index contributed by atoms with van der Waals surface area (Å²) in [5.74, 6) is -1.40. The zero-order valence-corrected chi connectivity index (χ0v) is 22.6. The number of carbonyl (C=O) groups excluding carboxylic acids is 2. The summed E-state index contributed by atoms with van der Waals surface area (Å²) in [5.41, 5.74) is -0.302. The Morgan fingerprint density at radius 3 is 2.41 bits per heavy atom. The van der Waals surface area contributed by atoms with Crippen LogP contribution in [0, 0.1) is 22.7 Å². The third-order valence-corrected chi connectivity index (χ3v) is 9.92. The molecule has 11 heteroatoms. The summed E-state index contributed by atoms with van der Waals surface area (Å²) < 4.78 is 28.1. The van der Waals surface area contributed by atoms with E-state index in [1.54, 1.807) is 18.6 Å². The van der Waals surface area contributed by atoms with Crippen molar-refractivity contribution in [2.24, 2.45) is 22.7 Å². The van der Waals surface area contributed by atoms with Crippen LogP contribution in [0.5, 0.6) is 0 Å². The van der Waals surface area contributed by atoms with E-state index in [2.05, 4.69) is 6.92 Å². The maximum Gasteiger partial charge on any atom is 0.335 e. The summed E-state index contributed by atoms with van der Waals surface area (Å²) in [6.07, 6.45) is -0.812. The third kappa shape index (κ3) is 4.70. The number of aliphatic hydroxyl groups excluding tert-OH is 4. The molecule has 4 N–H and O–H groups in total. The number of unbranched alkanes of at least 4 members (excludes halogenated alkanes) is 1. The lowest BCUT2D eigenvalue weighted by atomic mass is 9.47. The van der Waals surface area contributed by atoms with Gasteiger partial charge in [-0.15, -0.1) is 0 Å². The molecule has 218 valence electrons. The molecule has 12 atom stereocenters. The lowest BCUT2D eigenvalue weighted by molar-refractivity contribution is -0.230. The normalized spacial score (nSPS) is 45.5. The highest BCUT2D eigenvalue weighted by Crippen LogP contribution is 2.66. The molecule has 0 amide bonds. The van der Waals surface area contributed by atoms with Gasteiger partial charge in [-0.25, -0.2) is 4.79 Å². The van der Waals surface area contributed by atoms with Crippen molar-refractivity contribution < 1.29 is 53.4 Å². The zero-order valence-electron chi connectivity index (χ0n) is 22.6. The van der Waals surface area contributed by atoms with E-state index in [9.17, 15) is 30.0 Å². The van der Waals surface area contributed by atoms with Crippen LogP contribution in [0.4, 0.5) is 0 Å². The van der Waals surface area contributed by atoms with Gasteiger partial charge in [0.1, 0.15) is 30.5 Å². The second kappa shape index (κ2) is 10.8. The number of methoxy groups -OCH3 is 1. The largest absolute Gasteiger partial charge is 0.472 e. The van der Waals surface area contributed by atoms with Crippen molar-refractivity contribution in [3.05, 3.63) is 24.2 Å². The smallest absolute Gasteiger partial charge is 0.335 e. The Hall–Kier alpha value is -2.02. The molecule has 1 aromatic rings. The first-order chi connectivity index (χ1) is 18.5. The molecule has 0 unspecified atom stereocenters. The maximum atomic E-state index is 13.5. The Labute approximate surface area is 227 Å². The molecular weight excluding hydrogens is 512 g/mol. The molecule has 1 aliphatic carbocycles. The molecule has 3 saturated heterocycles. The van der Waals surface area contributed by atoms with Crippen LogP contribution in [-0.4, -0.2) is 88.8 Å². The third-order valence-electron chi connectivity index (χ3n) is 9.92. The molecule has 1 saturated carbocycles. The van der Waals surface area contributed by atoms with Crippen molar-refractivity contribution in [2.75, 3.05) is 13.7 Å². The Kier molecular flexibility index (Phi) is 7.86. The average molecular weight is 553 g/mol. The highest BCUT2D eigenvalue weighted by Gasteiger charge is 2.70. The van der Waals surface area contributed by atoms with Gasteiger partial charge >= 0.3 is 11.9 Å². The minimum absolute atomic E-state index is 0.0881. The fourth-order valence-corrected chi connectivity index (χ4v) is 8.03. The lowest BCUT2D eigenvalue weighted by Gasteiger charge is -2.56.